The van der Waals surface area contributed by atoms with Crippen molar-refractivity contribution < 1.29 is 9.53 Å². The second kappa shape index (κ2) is 4.77. The predicted molar refractivity (Wildman–Crippen MR) is 79.5 cm³/mol. The van der Waals surface area contributed by atoms with Gasteiger partial charge in [0.2, 0.25) is 0 Å². The molecule has 2 atom stereocenters. The number of amides is 1. The first-order valence-corrected chi connectivity index (χ1v) is 7.30. The number of hydrogen-bond donors (Lipinski definition) is 0. The summed E-state index contributed by atoms with van der Waals surface area (Å²) in [5.74, 6) is 6.96. The van der Waals surface area contributed by atoms with Crippen LogP contribution in [-0.2, 0) is 4.74 Å². The van der Waals surface area contributed by atoms with Gasteiger partial charge in [-0.2, -0.15) is 0 Å². The van der Waals surface area contributed by atoms with E-state index in [2.05, 4.69) is 16.8 Å². The van der Waals surface area contributed by atoms with Crippen molar-refractivity contribution in [2.24, 2.45) is 11.3 Å². The monoisotopic (exact) mass is 284 g/mol. The number of aromatic nitrogens is 1. The Kier molecular flexibility index (Phi) is 3.16. The molecule has 21 heavy (non-hydrogen) atoms. The second-order valence-corrected chi connectivity index (χ2v) is 6.88. The summed E-state index contributed by atoms with van der Waals surface area (Å²) < 4.78 is 5.42. The average molecular weight is 284 g/mol. The molecule has 3 rings (SSSR count). The molecular formula is C17H20N2O2. The van der Waals surface area contributed by atoms with Gasteiger partial charge >= 0.3 is 6.09 Å². The van der Waals surface area contributed by atoms with Crippen LogP contribution in [0.4, 0.5) is 4.79 Å². The van der Waals surface area contributed by atoms with E-state index < -0.39 is 5.60 Å². The molecule has 1 aliphatic heterocycles. The lowest BCUT2D eigenvalue weighted by atomic mass is 10.1. The molecule has 0 bridgehead atoms. The van der Waals surface area contributed by atoms with E-state index in [1.54, 1.807) is 11.1 Å². The molecule has 0 spiro atoms. The lowest BCUT2D eigenvalue weighted by Gasteiger charge is -2.25. The number of carbonyl (C=O) groups excluding carboxylic acids is 1. The van der Waals surface area contributed by atoms with E-state index in [0.29, 0.717) is 12.5 Å². The fourth-order valence-electron chi connectivity index (χ4n) is 2.77. The van der Waals surface area contributed by atoms with Gasteiger partial charge in [-0.25, -0.2) is 9.78 Å². The maximum Gasteiger partial charge on any atom is 0.410 e. The number of fused-ring (bicyclic) bond motifs is 1. The largest absolute Gasteiger partial charge is 0.444 e. The predicted octanol–water partition coefficient (Wildman–Crippen LogP) is 2.69. The average Bonchev–Trinajstić information content (AvgIpc) is 2.97. The van der Waals surface area contributed by atoms with Crippen LogP contribution in [-0.4, -0.2) is 34.7 Å². The summed E-state index contributed by atoms with van der Waals surface area (Å²) in [6.07, 6.45) is 2.59. The first-order chi connectivity index (χ1) is 9.88. The fourth-order valence-corrected chi connectivity index (χ4v) is 2.77. The molecule has 1 aromatic heterocycles. The van der Waals surface area contributed by atoms with Crippen LogP contribution in [0.2, 0.25) is 0 Å². The molecule has 2 unspecified atom stereocenters. The highest BCUT2D eigenvalue weighted by Crippen LogP contribution is 2.57. The quantitative estimate of drug-likeness (QED) is 0.688. The molecule has 1 aromatic rings. The zero-order chi connectivity index (χ0) is 15.1. The second-order valence-electron chi connectivity index (χ2n) is 6.88. The Balaban J connectivity index is 1.65. The molecule has 0 radical (unpaired) electrons. The van der Waals surface area contributed by atoms with Gasteiger partial charge in [-0.15, -0.1) is 0 Å². The van der Waals surface area contributed by atoms with Crippen molar-refractivity contribution >= 4 is 6.09 Å². The molecule has 1 amide bonds. The number of carbonyl (C=O) groups is 1. The van der Waals surface area contributed by atoms with Crippen molar-refractivity contribution in [2.45, 2.75) is 32.8 Å². The number of nitrogens with zero attached hydrogens (tertiary/aromatic N) is 2. The molecule has 0 N–H and O–H groups in total. The minimum absolute atomic E-state index is 0.0333. The van der Waals surface area contributed by atoms with Gasteiger partial charge in [0.25, 0.3) is 0 Å². The smallest absolute Gasteiger partial charge is 0.410 e. The number of rotatable bonds is 0. The molecule has 2 heterocycles. The van der Waals surface area contributed by atoms with Crippen molar-refractivity contribution in [3.8, 4) is 11.8 Å². The molecule has 2 aliphatic rings. The molecule has 110 valence electrons. The van der Waals surface area contributed by atoms with Crippen LogP contribution in [0.3, 0.4) is 0 Å². The van der Waals surface area contributed by atoms with Gasteiger partial charge in [0, 0.05) is 19.3 Å². The van der Waals surface area contributed by atoms with Crippen LogP contribution >= 0.6 is 0 Å². The molecule has 1 aliphatic carbocycles. The first-order valence-electron chi connectivity index (χ1n) is 7.30. The Labute approximate surface area is 125 Å². The molecule has 1 saturated heterocycles. The Morgan fingerprint density at radius 3 is 2.95 bits per heavy atom. The van der Waals surface area contributed by atoms with Crippen LogP contribution in [0.15, 0.2) is 24.4 Å². The van der Waals surface area contributed by atoms with E-state index in [1.807, 2.05) is 39.0 Å². The van der Waals surface area contributed by atoms with E-state index in [0.717, 1.165) is 18.7 Å². The van der Waals surface area contributed by atoms with Gasteiger partial charge in [0.1, 0.15) is 11.3 Å². The third-order valence-electron chi connectivity index (χ3n) is 3.90. The minimum atomic E-state index is -0.448. The van der Waals surface area contributed by atoms with E-state index in [4.69, 9.17) is 4.74 Å². The minimum Gasteiger partial charge on any atom is -0.444 e. The summed E-state index contributed by atoms with van der Waals surface area (Å²) in [7, 11) is 0. The Morgan fingerprint density at radius 2 is 2.29 bits per heavy atom. The third-order valence-corrected chi connectivity index (χ3v) is 3.90. The normalized spacial score (nSPS) is 26.6. The molecular weight excluding hydrogens is 264 g/mol. The summed E-state index contributed by atoms with van der Waals surface area (Å²) >= 11 is 0. The van der Waals surface area contributed by atoms with Crippen molar-refractivity contribution in [3.05, 3.63) is 30.1 Å². The molecule has 0 aromatic carbocycles. The van der Waals surface area contributed by atoms with E-state index >= 15 is 0 Å². The third kappa shape index (κ3) is 3.02. The van der Waals surface area contributed by atoms with Gasteiger partial charge in [0.05, 0.1) is 5.41 Å². The molecule has 2 fully saturated rings. The van der Waals surface area contributed by atoms with Crippen LogP contribution in [0, 0.1) is 23.2 Å². The fraction of sp³-hybridized carbons (Fsp3) is 0.529. The van der Waals surface area contributed by atoms with Crippen molar-refractivity contribution in [1.82, 2.24) is 9.88 Å². The molecule has 1 saturated carbocycles. The van der Waals surface area contributed by atoms with E-state index in [-0.39, 0.29) is 11.5 Å². The zero-order valence-corrected chi connectivity index (χ0v) is 12.7. The van der Waals surface area contributed by atoms with E-state index in [9.17, 15) is 4.79 Å². The van der Waals surface area contributed by atoms with Crippen LogP contribution in [0.25, 0.3) is 0 Å². The zero-order valence-electron chi connectivity index (χ0n) is 12.7. The van der Waals surface area contributed by atoms with Crippen LogP contribution in [0.5, 0.6) is 0 Å². The molecule has 4 heteroatoms. The lowest BCUT2D eigenvalue weighted by Crippen LogP contribution is -2.37. The Morgan fingerprint density at radius 1 is 1.48 bits per heavy atom. The number of pyridine rings is 1. The number of likely N-dealkylation sites (tertiary alicyclic amines) is 1. The van der Waals surface area contributed by atoms with Crippen LogP contribution < -0.4 is 0 Å². The number of piperidine rings is 1. The number of ether oxygens (including phenoxy) is 1. The van der Waals surface area contributed by atoms with E-state index in [1.165, 1.54) is 0 Å². The summed E-state index contributed by atoms with van der Waals surface area (Å²) in [6, 6.07) is 5.71. The summed E-state index contributed by atoms with van der Waals surface area (Å²) in [6.45, 7) is 7.09. The summed E-state index contributed by atoms with van der Waals surface area (Å²) in [5, 5.41) is 0. The van der Waals surface area contributed by atoms with Gasteiger partial charge in [-0.05, 0) is 51.2 Å². The SMILES string of the molecule is CC(C)(C)OC(=O)N1CC2CC2(C#Cc2ccccn2)C1. The van der Waals surface area contributed by atoms with Crippen molar-refractivity contribution in [2.75, 3.05) is 13.1 Å². The first kappa shape index (κ1) is 13.9. The Bertz CT molecular complexity index is 609. The maximum atomic E-state index is 12.1. The standard InChI is InChI=1S/C17H20N2O2/c1-16(2,3)21-15(20)19-11-13-10-17(13,12-19)8-7-14-6-4-5-9-18-14/h4-6,9,13H,10-12H2,1-3H3. The topological polar surface area (TPSA) is 42.4 Å². The lowest BCUT2D eigenvalue weighted by molar-refractivity contribution is 0.0268. The molecule has 4 nitrogen and oxygen atoms in total. The van der Waals surface area contributed by atoms with Gasteiger partial charge in [-0.3, -0.25) is 0 Å². The van der Waals surface area contributed by atoms with Crippen molar-refractivity contribution in [3.63, 3.8) is 0 Å². The maximum absolute atomic E-state index is 12.1. The summed E-state index contributed by atoms with van der Waals surface area (Å²) in [4.78, 5) is 18.1. The number of hydrogen-bond acceptors (Lipinski definition) is 3. The highest BCUT2D eigenvalue weighted by Gasteiger charge is 2.60. The van der Waals surface area contributed by atoms with Gasteiger partial charge < -0.3 is 9.64 Å². The van der Waals surface area contributed by atoms with Crippen molar-refractivity contribution in [1.29, 1.82) is 0 Å². The van der Waals surface area contributed by atoms with Crippen LogP contribution in [0.1, 0.15) is 32.9 Å². The van der Waals surface area contributed by atoms with Gasteiger partial charge in [0.15, 0.2) is 0 Å². The summed E-state index contributed by atoms with van der Waals surface area (Å²) in [5.41, 5.74) is 0.304. The van der Waals surface area contributed by atoms with Gasteiger partial charge in [-0.1, -0.05) is 12.0 Å². The highest BCUT2D eigenvalue weighted by atomic mass is 16.6. The Hall–Kier alpha value is -2.02. The highest BCUT2D eigenvalue weighted by molar-refractivity contribution is 5.69.